The van der Waals surface area contributed by atoms with Gasteiger partial charge in [0.15, 0.2) is 0 Å². The van der Waals surface area contributed by atoms with Crippen LogP contribution in [0.5, 0.6) is 0 Å². The van der Waals surface area contributed by atoms with E-state index >= 15 is 0 Å². The van der Waals surface area contributed by atoms with E-state index in [1.807, 2.05) is 0 Å². The second-order valence-corrected chi connectivity index (χ2v) is 6.32. The SMILES string of the molecule is C[C@@H](NC(=O)c1ccc(C2CNNC2)c(C(F)F)c1)c1ccccc1F. The zero-order chi connectivity index (χ0) is 18.7. The Morgan fingerprint density at radius 1 is 1.12 bits per heavy atom. The van der Waals surface area contributed by atoms with Crippen LogP contribution in [0.4, 0.5) is 13.2 Å². The molecule has 1 saturated heterocycles. The van der Waals surface area contributed by atoms with Crippen LogP contribution in [0.15, 0.2) is 42.5 Å². The smallest absolute Gasteiger partial charge is 0.264 e. The minimum Gasteiger partial charge on any atom is -0.345 e. The van der Waals surface area contributed by atoms with Crippen LogP contribution in [0.2, 0.25) is 0 Å². The molecule has 3 rings (SSSR count). The topological polar surface area (TPSA) is 53.2 Å². The molecule has 0 bridgehead atoms. The van der Waals surface area contributed by atoms with E-state index in [0.29, 0.717) is 24.2 Å². The molecule has 1 amide bonds. The number of nitrogens with one attached hydrogen (secondary N) is 3. The molecule has 3 N–H and O–H groups in total. The van der Waals surface area contributed by atoms with Gasteiger partial charge < -0.3 is 5.32 Å². The van der Waals surface area contributed by atoms with Gasteiger partial charge in [-0.25, -0.2) is 13.2 Å². The predicted octanol–water partition coefficient (Wildman–Crippen LogP) is 3.45. The summed E-state index contributed by atoms with van der Waals surface area (Å²) in [7, 11) is 0. The minimum atomic E-state index is -2.68. The molecule has 2 aromatic carbocycles. The summed E-state index contributed by atoms with van der Waals surface area (Å²) in [6, 6.07) is 9.87. The number of benzene rings is 2. The molecule has 0 aliphatic carbocycles. The summed E-state index contributed by atoms with van der Waals surface area (Å²) in [6.07, 6.45) is -2.68. The summed E-state index contributed by atoms with van der Waals surface area (Å²) < 4.78 is 40.8. The molecule has 4 nitrogen and oxygen atoms in total. The number of rotatable bonds is 5. The van der Waals surface area contributed by atoms with Crippen LogP contribution < -0.4 is 16.2 Å². The Balaban J connectivity index is 1.81. The van der Waals surface area contributed by atoms with E-state index in [1.165, 1.54) is 18.2 Å². The lowest BCUT2D eigenvalue weighted by Gasteiger charge is -2.18. The third-order valence-corrected chi connectivity index (χ3v) is 4.57. The van der Waals surface area contributed by atoms with E-state index in [9.17, 15) is 18.0 Å². The van der Waals surface area contributed by atoms with Crippen LogP contribution in [-0.2, 0) is 0 Å². The van der Waals surface area contributed by atoms with Crippen molar-refractivity contribution in [2.75, 3.05) is 13.1 Å². The predicted molar refractivity (Wildman–Crippen MR) is 92.4 cm³/mol. The Morgan fingerprint density at radius 3 is 2.46 bits per heavy atom. The van der Waals surface area contributed by atoms with Gasteiger partial charge in [-0.3, -0.25) is 15.6 Å². The highest BCUT2D eigenvalue weighted by Crippen LogP contribution is 2.30. The lowest BCUT2D eigenvalue weighted by atomic mass is 9.93. The van der Waals surface area contributed by atoms with Gasteiger partial charge in [-0.2, -0.15) is 0 Å². The van der Waals surface area contributed by atoms with Crippen molar-refractivity contribution in [2.24, 2.45) is 0 Å². The third-order valence-electron chi connectivity index (χ3n) is 4.57. The van der Waals surface area contributed by atoms with Gasteiger partial charge in [0.1, 0.15) is 5.82 Å². The number of hydrogen-bond acceptors (Lipinski definition) is 3. The highest BCUT2D eigenvalue weighted by Gasteiger charge is 2.24. The summed E-state index contributed by atoms with van der Waals surface area (Å²) in [5, 5.41) is 2.66. The molecule has 1 atom stereocenters. The normalized spacial score (nSPS) is 16.0. The van der Waals surface area contributed by atoms with Crippen molar-refractivity contribution >= 4 is 5.91 Å². The molecule has 138 valence electrons. The monoisotopic (exact) mass is 363 g/mol. The molecule has 1 aliphatic heterocycles. The zero-order valence-corrected chi connectivity index (χ0v) is 14.2. The largest absolute Gasteiger partial charge is 0.345 e. The molecular formula is C19H20F3N3O. The average molecular weight is 363 g/mol. The lowest BCUT2D eigenvalue weighted by molar-refractivity contribution is 0.0938. The number of carbonyl (C=O) groups excluding carboxylic acids is 1. The second-order valence-electron chi connectivity index (χ2n) is 6.32. The van der Waals surface area contributed by atoms with E-state index in [2.05, 4.69) is 16.2 Å². The summed E-state index contributed by atoms with van der Waals surface area (Å²) in [5.74, 6) is -1.02. The zero-order valence-electron chi connectivity index (χ0n) is 14.2. The van der Waals surface area contributed by atoms with Crippen molar-refractivity contribution in [2.45, 2.75) is 25.3 Å². The van der Waals surface area contributed by atoms with Crippen LogP contribution >= 0.6 is 0 Å². The van der Waals surface area contributed by atoms with Crippen molar-refractivity contribution in [3.8, 4) is 0 Å². The molecule has 1 fully saturated rings. The van der Waals surface area contributed by atoms with Gasteiger partial charge in [0.2, 0.25) is 0 Å². The number of hydrogen-bond donors (Lipinski definition) is 3. The first kappa shape index (κ1) is 18.4. The molecule has 0 unspecified atom stereocenters. The molecule has 1 heterocycles. The van der Waals surface area contributed by atoms with Crippen molar-refractivity contribution in [3.05, 3.63) is 70.5 Å². The van der Waals surface area contributed by atoms with Gasteiger partial charge in [0, 0.05) is 35.7 Å². The van der Waals surface area contributed by atoms with E-state index in [0.717, 1.165) is 0 Å². The standard InChI is InChI=1S/C19H20F3N3O/c1-11(14-4-2-3-5-17(14)20)25-19(26)12-6-7-15(13-9-23-24-10-13)16(8-12)18(21)22/h2-8,11,13,18,23-24H,9-10H2,1H3,(H,25,26)/t11-/m1/s1. The highest BCUT2D eigenvalue weighted by atomic mass is 19.3. The first-order valence-electron chi connectivity index (χ1n) is 8.40. The molecule has 0 saturated carbocycles. The van der Waals surface area contributed by atoms with Gasteiger partial charge in [-0.1, -0.05) is 24.3 Å². The van der Waals surface area contributed by atoms with Crippen molar-refractivity contribution in [3.63, 3.8) is 0 Å². The molecule has 2 aromatic rings. The summed E-state index contributed by atoms with van der Waals surface area (Å²) in [4.78, 5) is 12.4. The second kappa shape index (κ2) is 7.88. The van der Waals surface area contributed by atoms with Crippen molar-refractivity contribution in [1.82, 2.24) is 16.2 Å². The number of carbonyl (C=O) groups is 1. The third kappa shape index (κ3) is 3.89. The van der Waals surface area contributed by atoms with Gasteiger partial charge in [0.25, 0.3) is 12.3 Å². The van der Waals surface area contributed by atoms with E-state index < -0.39 is 24.2 Å². The molecule has 26 heavy (non-hydrogen) atoms. The quantitative estimate of drug-likeness (QED) is 0.763. The van der Waals surface area contributed by atoms with Gasteiger partial charge in [-0.05, 0) is 30.7 Å². The van der Waals surface area contributed by atoms with Crippen LogP contribution in [-0.4, -0.2) is 19.0 Å². The first-order valence-corrected chi connectivity index (χ1v) is 8.40. The molecule has 1 aliphatic rings. The Kier molecular flexibility index (Phi) is 5.58. The molecular weight excluding hydrogens is 343 g/mol. The Labute approximate surface area is 149 Å². The highest BCUT2D eigenvalue weighted by molar-refractivity contribution is 5.94. The fraction of sp³-hybridized carbons (Fsp3) is 0.316. The summed E-state index contributed by atoms with van der Waals surface area (Å²) >= 11 is 0. The maximum atomic E-state index is 13.8. The number of halogens is 3. The Hall–Kier alpha value is -2.38. The van der Waals surface area contributed by atoms with Crippen LogP contribution in [0.1, 0.15) is 52.4 Å². The van der Waals surface area contributed by atoms with Crippen LogP contribution in [0.3, 0.4) is 0 Å². The first-order chi connectivity index (χ1) is 12.5. The van der Waals surface area contributed by atoms with Crippen molar-refractivity contribution in [1.29, 1.82) is 0 Å². The Bertz CT molecular complexity index is 791. The van der Waals surface area contributed by atoms with Crippen molar-refractivity contribution < 1.29 is 18.0 Å². The summed E-state index contributed by atoms with van der Waals surface area (Å²) in [6.45, 7) is 2.75. The van der Waals surface area contributed by atoms with Gasteiger partial charge in [0.05, 0.1) is 6.04 Å². The fourth-order valence-corrected chi connectivity index (χ4v) is 3.14. The van der Waals surface area contributed by atoms with E-state index in [-0.39, 0.29) is 17.0 Å². The van der Waals surface area contributed by atoms with Gasteiger partial charge in [-0.15, -0.1) is 0 Å². The van der Waals surface area contributed by atoms with E-state index in [4.69, 9.17) is 0 Å². The maximum absolute atomic E-state index is 13.8. The number of amides is 1. The molecule has 0 aromatic heterocycles. The maximum Gasteiger partial charge on any atom is 0.264 e. The Morgan fingerprint density at radius 2 is 1.81 bits per heavy atom. The van der Waals surface area contributed by atoms with E-state index in [1.54, 1.807) is 31.2 Å². The van der Waals surface area contributed by atoms with Gasteiger partial charge >= 0.3 is 0 Å². The van der Waals surface area contributed by atoms with Crippen LogP contribution in [0.25, 0.3) is 0 Å². The number of alkyl halides is 2. The minimum absolute atomic E-state index is 0.0755. The molecule has 0 radical (unpaired) electrons. The summed E-state index contributed by atoms with van der Waals surface area (Å²) in [5.41, 5.74) is 6.68. The fourth-order valence-electron chi connectivity index (χ4n) is 3.14. The van der Waals surface area contributed by atoms with Crippen LogP contribution in [0, 0.1) is 5.82 Å². The lowest BCUT2D eigenvalue weighted by Crippen LogP contribution is -2.27. The number of hydrazine groups is 1. The molecule has 7 heteroatoms. The average Bonchev–Trinajstić information content (AvgIpc) is 3.15. The molecule has 0 spiro atoms.